The molecular weight excluding hydrogens is 408 g/mol. The van der Waals surface area contributed by atoms with Crippen molar-refractivity contribution in [3.05, 3.63) is 96.1 Å². The number of rotatable bonds is 9. The van der Waals surface area contributed by atoms with Crippen molar-refractivity contribution in [2.45, 2.75) is 0 Å². The van der Waals surface area contributed by atoms with Crippen LogP contribution in [0.25, 0.3) is 6.08 Å². The first kappa shape index (κ1) is 22.3. The first-order valence-corrected chi connectivity index (χ1v) is 9.77. The van der Waals surface area contributed by atoms with E-state index in [-0.39, 0.29) is 12.4 Å². The second-order valence-corrected chi connectivity index (χ2v) is 6.47. The molecule has 0 aliphatic heterocycles. The molecule has 1 N–H and O–H groups in total. The van der Waals surface area contributed by atoms with E-state index in [1.807, 2.05) is 48.5 Å². The zero-order chi connectivity index (χ0) is 22.6. The largest absolute Gasteiger partial charge is 0.493 e. The molecule has 162 valence electrons. The van der Waals surface area contributed by atoms with Gasteiger partial charge in [-0.2, -0.15) is 5.10 Å². The van der Waals surface area contributed by atoms with Gasteiger partial charge >= 0.3 is 5.97 Å². The van der Waals surface area contributed by atoms with Crippen LogP contribution in [-0.2, 0) is 9.59 Å². The lowest BCUT2D eigenvalue weighted by atomic mass is 10.2. The van der Waals surface area contributed by atoms with Gasteiger partial charge in [0.05, 0.1) is 13.3 Å². The second kappa shape index (κ2) is 11.7. The third-order valence-corrected chi connectivity index (χ3v) is 4.13. The maximum absolute atomic E-state index is 12.1. The summed E-state index contributed by atoms with van der Waals surface area (Å²) < 4.78 is 16.0. The number of nitrogens with zero attached hydrogens (tertiary/aromatic N) is 1. The topological polar surface area (TPSA) is 86.2 Å². The zero-order valence-corrected chi connectivity index (χ0v) is 17.4. The van der Waals surface area contributed by atoms with E-state index in [0.29, 0.717) is 17.1 Å². The number of esters is 1. The third kappa shape index (κ3) is 7.14. The molecule has 1 amide bonds. The van der Waals surface area contributed by atoms with Crippen molar-refractivity contribution in [3.8, 4) is 17.2 Å². The van der Waals surface area contributed by atoms with Crippen LogP contribution in [0.1, 0.15) is 11.1 Å². The monoisotopic (exact) mass is 430 g/mol. The predicted octanol–water partition coefficient (Wildman–Crippen LogP) is 3.84. The van der Waals surface area contributed by atoms with Gasteiger partial charge < -0.3 is 14.2 Å². The zero-order valence-electron chi connectivity index (χ0n) is 17.4. The van der Waals surface area contributed by atoms with Crippen LogP contribution >= 0.6 is 0 Å². The van der Waals surface area contributed by atoms with Crippen LogP contribution in [0.15, 0.2) is 90.0 Å². The molecule has 0 saturated carbocycles. The Labute approximate surface area is 185 Å². The molecule has 0 fully saturated rings. The standard InChI is InChI=1S/C25H22N2O5/c1-30-23-16-20(17-26-27-24(28)18-31-21-10-6-3-7-11-21)12-14-22(23)32-25(29)15-13-19-8-4-2-5-9-19/h2-17H,18H2,1H3,(H,27,28)/b15-13+,26-17+. The minimum atomic E-state index is -0.528. The van der Waals surface area contributed by atoms with Gasteiger partial charge in [-0.05, 0) is 47.5 Å². The molecule has 3 aromatic rings. The Kier molecular flexibility index (Phi) is 8.16. The minimum absolute atomic E-state index is 0.157. The number of benzene rings is 3. The van der Waals surface area contributed by atoms with Crippen molar-refractivity contribution in [3.63, 3.8) is 0 Å². The van der Waals surface area contributed by atoms with Gasteiger partial charge in [0.1, 0.15) is 5.75 Å². The maximum Gasteiger partial charge on any atom is 0.336 e. The molecule has 0 unspecified atom stereocenters. The summed E-state index contributed by atoms with van der Waals surface area (Å²) in [5.41, 5.74) is 3.92. The van der Waals surface area contributed by atoms with E-state index in [1.165, 1.54) is 19.4 Å². The van der Waals surface area contributed by atoms with Gasteiger partial charge in [0.25, 0.3) is 5.91 Å². The van der Waals surface area contributed by atoms with Crippen LogP contribution < -0.4 is 19.6 Å². The van der Waals surface area contributed by atoms with Crippen LogP contribution in [-0.4, -0.2) is 31.8 Å². The van der Waals surface area contributed by atoms with Gasteiger partial charge in [-0.1, -0.05) is 48.5 Å². The fraction of sp³-hybridized carbons (Fsp3) is 0.0800. The Morgan fingerprint density at radius 2 is 1.62 bits per heavy atom. The van der Waals surface area contributed by atoms with Crippen molar-refractivity contribution in [1.29, 1.82) is 0 Å². The number of hydrazone groups is 1. The van der Waals surface area contributed by atoms with Crippen molar-refractivity contribution in [1.82, 2.24) is 5.43 Å². The van der Waals surface area contributed by atoms with Gasteiger partial charge in [-0.25, -0.2) is 10.2 Å². The number of hydrogen-bond donors (Lipinski definition) is 1. The maximum atomic E-state index is 12.1. The normalized spacial score (nSPS) is 10.8. The fourth-order valence-corrected chi connectivity index (χ4v) is 2.60. The van der Waals surface area contributed by atoms with E-state index in [0.717, 1.165) is 5.56 Å². The van der Waals surface area contributed by atoms with Crippen LogP contribution in [0, 0.1) is 0 Å². The molecule has 0 bridgehead atoms. The first-order valence-electron chi connectivity index (χ1n) is 9.77. The molecule has 0 heterocycles. The summed E-state index contributed by atoms with van der Waals surface area (Å²) in [5, 5.41) is 3.90. The Morgan fingerprint density at radius 1 is 0.906 bits per heavy atom. The molecule has 0 aliphatic carbocycles. The highest BCUT2D eigenvalue weighted by molar-refractivity contribution is 5.89. The predicted molar refractivity (Wildman–Crippen MR) is 122 cm³/mol. The number of para-hydroxylation sites is 1. The van der Waals surface area contributed by atoms with E-state index in [4.69, 9.17) is 14.2 Å². The minimum Gasteiger partial charge on any atom is -0.493 e. The SMILES string of the molecule is COc1cc(/C=N/NC(=O)COc2ccccc2)ccc1OC(=O)/C=C/c1ccccc1. The van der Waals surface area contributed by atoms with E-state index in [1.54, 1.807) is 36.4 Å². The highest BCUT2D eigenvalue weighted by atomic mass is 16.6. The van der Waals surface area contributed by atoms with Gasteiger partial charge in [0.15, 0.2) is 18.1 Å². The average molecular weight is 430 g/mol. The van der Waals surface area contributed by atoms with Gasteiger partial charge in [0.2, 0.25) is 0 Å². The third-order valence-electron chi connectivity index (χ3n) is 4.13. The Balaban J connectivity index is 1.53. The van der Waals surface area contributed by atoms with Crippen LogP contribution in [0.5, 0.6) is 17.2 Å². The lowest BCUT2D eigenvalue weighted by Gasteiger charge is -2.08. The molecule has 0 aliphatic rings. The molecule has 7 nitrogen and oxygen atoms in total. The van der Waals surface area contributed by atoms with Crippen LogP contribution in [0.3, 0.4) is 0 Å². The van der Waals surface area contributed by atoms with Gasteiger partial charge in [0, 0.05) is 6.08 Å². The van der Waals surface area contributed by atoms with Gasteiger partial charge in [-0.15, -0.1) is 0 Å². The van der Waals surface area contributed by atoms with Crippen molar-refractivity contribution >= 4 is 24.2 Å². The summed E-state index contributed by atoms with van der Waals surface area (Å²) in [7, 11) is 1.47. The molecule has 0 atom stereocenters. The summed E-state index contributed by atoms with van der Waals surface area (Å²) in [4.78, 5) is 23.9. The Morgan fingerprint density at radius 3 is 2.34 bits per heavy atom. The quantitative estimate of drug-likeness (QED) is 0.183. The Bertz CT molecular complexity index is 1100. The number of hydrogen-bond acceptors (Lipinski definition) is 6. The van der Waals surface area contributed by atoms with Crippen LogP contribution in [0.2, 0.25) is 0 Å². The average Bonchev–Trinajstić information content (AvgIpc) is 2.83. The molecule has 7 heteroatoms. The highest BCUT2D eigenvalue weighted by Gasteiger charge is 2.09. The molecule has 0 spiro atoms. The van der Waals surface area contributed by atoms with Crippen LogP contribution in [0.4, 0.5) is 0 Å². The molecule has 32 heavy (non-hydrogen) atoms. The molecule has 0 saturated heterocycles. The summed E-state index contributed by atoms with van der Waals surface area (Å²) in [6, 6.07) is 23.4. The second-order valence-electron chi connectivity index (χ2n) is 6.47. The molecule has 3 rings (SSSR count). The first-order chi connectivity index (χ1) is 15.6. The van der Waals surface area contributed by atoms with Gasteiger partial charge in [-0.3, -0.25) is 4.79 Å². The van der Waals surface area contributed by atoms with E-state index in [2.05, 4.69) is 10.5 Å². The summed E-state index contributed by atoms with van der Waals surface area (Å²) in [6.07, 6.45) is 4.46. The van der Waals surface area contributed by atoms with E-state index in [9.17, 15) is 9.59 Å². The van der Waals surface area contributed by atoms with E-state index >= 15 is 0 Å². The lowest BCUT2D eigenvalue weighted by Crippen LogP contribution is -2.24. The number of nitrogens with one attached hydrogen (secondary N) is 1. The number of ether oxygens (including phenoxy) is 3. The van der Waals surface area contributed by atoms with E-state index < -0.39 is 11.9 Å². The Hall–Kier alpha value is -4.39. The van der Waals surface area contributed by atoms with Crippen molar-refractivity contribution in [2.24, 2.45) is 5.10 Å². The fourth-order valence-electron chi connectivity index (χ4n) is 2.60. The number of methoxy groups -OCH3 is 1. The number of carbonyl (C=O) groups excluding carboxylic acids is 2. The number of carbonyl (C=O) groups is 2. The molecule has 0 aromatic heterocycles. The highest BCUT2D eigenvalue weighted by Crippen LogP contribution is 2.27. The van der Waals surface area contributed by atoms with Crippen molar-refractivity contribution < 1.29 is 23.8 Å². The summed E-state index contributed by atoms with van der Waals surface area (Å²) in [6.45, 7) is -0.157. The molecule has 3 aromatic carbocycles. The molecular formula is C25H22N2O5. The summed E-state index contributed by atoms with van der Waals surface area (Å²) in [5.74, 6) is 0.300. The molecule has 0 radical (unpaired) electrons. The smallest absolute Gasteiger partial charge is 0.336 e. The summed E-state index contributed by atoms with van der Waals surface area (Å²) >= 11 is 0. The number of amides is 1. The lowest BCUT2D eigenvalue weighted by molar-refractivity contribution is -0.129. The van der Waals surface area contributed by atoms with Crippen molar-refractivity contribution in [2.75, 3.05) is 13.7 Å².